The normalized spacial score (nSPS) is 17.0. The second-order valence-electron chi connectivity index (χ2n) is 8.13. The van der Waals surface area contributed by atoms with Crippen molar-refractivity contribution in [2.45, 2.75) is 32.9 Å². The number of nitrogens with one attached hydrogen (secondary N) is 1. The van der Waals surface area contributed by atoms with E-state index in [2.05, 4.69) is 34.2 Å². The van der Waals surface area contributed by atoms with Crippen molar-refractivity contribution in [3.8, 4) is 22.1 Å². The predicted octanol–water partition coefficient (Wildman–Crippen LogP) is 4.29. The van der Waals surface area contributed by atoms with Gasteiger partial charge >= 0.3 is 0 Å². The van der Waals surface area contributed by atoms with Crippen LogP contribution in [0, 0.1) is 12.8 Å². The van der Waals surface area contributed by atoms with E-state index in [1.165, 1.54) is 19.4 Å². The smallest absolute Gasteiger partial charge is 0.183 e. The molecule has 31 heavy (non-hydrogen) atoms. The van der Waals surface area contributed by atoms with Crippen molar-refractivity contribution in [3.05, 3.63) is 41.7 Å². The molecule has 1 atom stereocenters. The number of aromatic nitrogens is 3. The molecule has 0 bridgehead atoms. The van der Waals surface area contributed by atoms with E-state index in [9.17, 15) is 0 Å². The molecule has 0 radical (unpaired) electrons. The Kier molecular flexibility index (Phi) is 6.77. The molecule has 7 nitrogen and oxygen atoms in total. The van der Waals surface area contributed by atoms with Crippen molar-refractivity contribution in [3.63, 3.8) is 0 Å². The standard InChI is InChI=1S/C23H31N5O2S/c1-16-22(19-10-12-28(26-19)15-17-7-6-11-27(2)14-17)31-23(25-16)24-13-18-8-5-9-20(29-3)21(18)30-4/h5,8-10,12,17H,6-7,11,13-15H2,1-4H3,(H,24,25)/t17-/m1/s1. The topological polar surface area (TPSA) is 64.4 Å². The Morgan fingerprint density at radius 3 is 2.87 bits per heavy atom. The summed E-state index contributed by atoms with van der Waals surface area (Å²) in [7, 11) is 5.52. The van der Waals surface area contributed by atoms with Gasteiger partial charge in [0.05, 0.1) is 24.8 Å². The van der Waals surface area contributed by atoms with Gasteiger partial charge in [-0.1, -0.05) is 23.5 Å². The fourth-order valence-electron chi connectivity index (χ4n) is 4.24. The van der Waals surface area contributed by atoms with Gasteiger partial charge in [-0.2, -0.15) is 5.10 Å². The monoisotopic (exact) mass is 441 g/mol. The average molecular weight is 442 g/mol. The third kappa shape index (κ3) is 5.02. The highest BCUT2D eigenvalue weighted by Gasteiger charge is 2.19. The van der Waals surface area contributed by atoms with E-state index < -0.39 is 0 Å². The summed E-state index contributed by atoms with van der Waals surface area (Å²) in [5, 5.41) is 9.15. The maximum absolute atomic E-state index is 5.53. The van der Waals surface area contributed by atoms with Crippen LogP contribution >= 0.6 is 11.3 Å². The summed E-state index contributed by atoms with van der Waals surface area (Å²) >= 11 is 1.64. The summed E-state index contributed by atoms with van der Waals surface area (Å²) < 4.78 is 13.0. The molecule has 0 aliphatic carbocycles. The van der Waals surface area contributed by atoms with E-state index in [0.29, 0.717) is 12.5 Å². The van der Waals surface area contributed by atoms with Gasteiger partial charge in [-0.05, 0) is 51.4 Å². The molecule has 0 saturated carbocycles. The zero-order valence-corrected chi connectivity index (χ0v) is 19.5. The molecule has 3 aromatic rings. The van der Waals surface area contributed by atoms with E-state index in [4.69, 9.17) is 19.6 Å². The van der Waals surface area contributed by atoms with Gasteiger partial charge in [0.2, 0.25) is 0 Å². The van der Waals surface area contributed by atoms with Crippen molar-refractivity contribution in [1.82, 2.24) is 19.7 Å². The van der Waals surface area contributed by atoms with Gasteiger partial charge in [-0.3, -0.25) is 4.68 Å². The molecular weight excluding hydrogens is 410 g/mol. The number of piperidine rings is 1. The minimum atomic E-state index is 0.608. The lowest BCUT2D eigenvalue weighted by Crippen LogP contribution is -2.34. The first kappa shape index (κ1) is 21.6. The van der Waals surface area contributed by atoms with Crippen LogP contribution in [0.1, 0.15) is 24.1 Å². The number of hydrogen-bond donors (Lipinski definition) is 1. The van der Waals surface area contributed by atoms with E-state index in [1.807, 2.05) is 25.1 Å². The second kappa shape index (κ2) is 9.70. The first-order valence-electron chi connectivity index (χ1n) is 10.7. The summed E-state index contributed by atoms with van der Waals surface area (Å²) in [5.41, 5.74) is 3.01. The van der Waals surface area contributed by atoms with Crippen molar-refractivity contribution < 1.29 is 9.47 Å². The minimum absolute atomic E-state index is 0.608. The van der Waals surface area contributed by atoms with Crippen LogP contribution in [0.5, 0.6) is 11.5 Å². The number of likely N-dealkylation sites (tertiary alicyclic amines) is 1. The van der Waals surface area contributed by atoms with Crippen LogP contribution in [0.25, 0.3) is 10.6 Å². The Bertz CT molecular complexity index is 1020. The van der Waals surface area contributed by atoms with E-state index in [-0.39, 0.29) is 0 Å². The number of aryl methyl sites for hydroxylation is 1. The third-order valence-electron chi connectivity index (χ3n) is 5.75. The van der Waals surface area contributed by atoms with Crippen LogP contribution in [-0.2, 0) is 13.1 Å². The van der Waals surface area contributed by atoms with Gasteiger partial charge in [-0.25, -0.2) is 4.98 Å². The Labute approximate surface area is 188 Å². The molecule has 166 valence electrons. The summed E-state index contributed by atoms with van der Waals surface area (Å²) in [5.74, 6) is 2.15. The Balaban J connectivity index is 1.43. The second-order valence-corrected chi connectivity index (χ2v) is 9.13. The minimum Gasteiger partial charge on any atom is -0.493 e. The zero-order valence-electron chi connectivity index (χ0n) is 18.7. The molecule has 2 aromatic heterocycles. The maximum Gasteiger partial charge on any atom is 0.183 e. The van der Waals surface area contributed by atoms with Crippen molar-refractivity contribution in [1.29, 1.82) is 0 Å². The Morgan fingerprint density at radius 1 is 1.23 bits per heavy atom. The van der Waals surface area contributed by atoms with Crippen LogP contribution in [-0.4, -0.2) is 54.0 Å². The average Bonchev–Trinajstić information content (AvgIpc) is 3.37. The molecule has 8 heteroatoms. The molecule has 1 aliphatic rings. The summed E-state index contributed by atoms with van der Waals surface area (Å²) in [4.78, 5) is 8.24. The molecule has 1 aromatic carbocycles. The molecule has 3 heterocycles. The number of methoxy groups -OCH3 is 2. The fraction of sp³-hybridized carbons (Fsp3) is 0.478. The number of thiazole rings is 1. The Morgan fingerprint density at radius 2 is 2.10 bits per heavy atom. The zero-order chi connectivity index (χ0) is 21.8. The highest BCUT2D eigenvalue weighted by molar-refractivity contribution is 7.19. The highest BCUT2D eigenvalue weighted by Crippen LogP contribution is 2.34. The number of hydrogen-bond acceptors (Lipinski definition) is 7. The lowest BCUT2D eigenvalue weighted by atomic mass is 9.99. The van der Waals surface area contributed by atoms with Crippen LogP contribution in [0.3, 0.4) is 0 Å². The molecule has 1 aliphatic heterocycles. The first-order valence-corrected chi connectivity index (χ1v) is 11.5. The fourth-order valence-corrected chi connectivity index (χ4v) is 5.17. The molecule has 1 fully saturated rings. The lowest BCUT2D eigenvalue weighted by Gasteiger charge is -2.29. The summed E-state index contributed by atoms with van der Waals surface area (Å²) in [6, 6.07) is 7.99. The van der Waals surface area contributed by atoms with Crippen LogP contribution < -0.4 is 14.8 Å². The van der Waals surface area contributed by atoms with Crippen molar-refractivity contribution in [2.75, 3.05) is 39.7 Å². The van der Waals surface area contributed by atoms with Gasteiger partial charge in [0.15, 0.2) is 16.6 Å². The van der Waals surface area contributed by atoms with Gasteiger partial charge < -0.3 is 19.7 Å². The largest absolute Gasteiger partial charge is 0.493 e. The number of benzene rings is 1. The first-order chi connectivity index (χ1) is 15.1. The summed E-state index contributed by atoms with van der Waals surface area (Å²) in [6.07, 6.45) is 4.65. The van der Waals surface area contributed by atoms with Gasteiger partial charge in [0, 0.05) is 31.4 Å². The quantitative estimate of drug-likeness (QED) is 0.563. The third-order valence-corrected chi connectivity index (χ3v) is 6.89. The number of anilines is 1. The molecule has 1 saturated heterocycles. The maximum atomic E-state index is 5.53. The van der Waals surface area contributed by atoms with E-state index in [0.717, 1.165) is 51.5 Å². The molecule has 0 spiro atoms. The Hall–Kier alpha value is -2.58. The molecular formula is C23H31N5O2S. The van der Waals surface area contributed by atoms with Crippen LogP contribution in [0.2, 0.25) is 0 Å². The lowest BCUT2D eigenvalue weighted by molar-refractivity contribution is 0.191. The van der Waals surface area contributed by atoms with Gasteiger partial charge in [-0.15, -0.1) is 0 Å². The van der Waals surface area contributed by atoms with E-state index >= 15 is 0 Å². The molecule has 0 amide bonds. The van der Waals surface area contributed by atoms with Crippen molar-refractivity contribution >= 4 is 16.5 Å². The van der Waals surface area contributed by atoms with Crippen LogP contribution in [0.4, 0.5) is 5.13 Å². The van der Waals surface area contributed by atoms with E-state index in [1.54, 1.807) is 25.6 Å². The SMILES string of the molecule is COc1cccc(CNc2nc(C)c(-c3ccn(C[C@@H]4CCCN(C)C4)n3)s2)c1OC. The van der Waals surface area contributed by atoms with Crippen LogP contribution in [0.15, 0.2) is 30.5 Å². The molecule has 0 unspecified atom stereocenters. The number of nitrogens with zero attached hydrogens (tertiary/aromatic N) is 4. The van der Waals surface area contributed by atoms with Crippen molar-refractivity contribution in [2.24, 2.45) is 5.92 Å². The predicted molar refractivity (Wildman–Crippen MR) is 125 cm³/mol. The molecule has 4 rings (SSSR count). The summed E-state index contributed by atoms with van der Waals surface area (Å²) in [6.45, 7) is 5.98. The number of ether oxygens (including phenoxy) is 2. The molecule has 1 N–H and O–H groups in total. The highest BCUT2D eigenvalue weighted by atomic mass is 32.1. The number of rotatable bonds is 8. The van der Waals surface area contributed by atoms with Gasteiger partial charge in [0.25, 0.3) is 0 Å². The number of para-hydroxylation sites is 1. The van der Waals surface area contributed by atoms with Gasteiger partial charge in [0.1, 0.15) is 5.69 Å².